The molecular formula is C11H10BrClN2S. The van der Waals surface area contributed by atoms with Crippen LogP contribution in [0.4, 0.5) is 0 Å². The molecule has 2 rings (SSSR count). The Bertz CT molecular complexity index is 469. The molecule has 1 aromatic carbocycles. The van der Waals surface area contributed by atoms with E-state index >= 15 is 0 Å². The summed E-state index contributed by atoms with van der Waals surface area (Å²) in [5, 5.41) is 0.729. The second-order valence-electron chi connectivity index (χ2n) is 3.29. The first kappa shape index (κ1) is 12.1. The summed E-state index contributed by atoms with van der Waals surface area (Å²) in [6.45, 7) is 0. The Morgan fingerprint density at radius 3 is 2.38 bits per heavy atom. The Hall–Kier alpha value is -0.390. The van der Waals surface area contributed by atoms with Crippen molar-refractivity contribution >= 4 is 38.9 Å². The number of nitrogens with two attached hydrogens (primary N) is 1. The summed E-state index contributed by atoms with van der Waals surface area (Å²) in [5.74, 6) is 5.59. The summed E-state index contributed by atoms with van der Waals surface area (Å²) in [6.07, 6.45) is 0. The third-order valence-corrected chi connectivity index (χ3v) is 4.19. The summed E-state index contributed by atoms with van der Waals surface area (Å²) < 4.78 is 1.09. The Morgan fingerprint density at radius 1 is 1.19 bits per heavy atom. The topological polar surface area (TPSA) is 38.0 Å². The molecule has 1 atom stereocenters. The average Bonchev–Trinajstić information content (AvgIpc) is 2.69. The van der Waals surface area contributed by atoms with Gasteiger partial charge in [0, 0.05) is 9.90 Å². The zero-order valence-corrected chi connectivity index (χ0v) is 11.4. The van der Waals surface area contributed by atoms with Crippen molar-refractivity contribution < 1.29 is 0 Å². The molecule has 0 spiro atoms. The maximum Gasteiger partial charge on any atom is 0.0802 e. The highest BCUT2D eigenvalue weighted by Crippen LogP contribution is 2.31. The molecule has 0 saturated carbocycles. The highest BCUT2D eigenvalue weighted by atomic mass is 79.9. The molecule has 0 bridgehead atoms. The van der Waals surface area contributed by atoms with Crippen molar-refractivity contribution in [2.75, 3.05) is 0 Å². The van der Waals surface area contributed by atoms with Gasteiger partial charge in [0.15, 0.2) is 0 Å². The molecule has 1 unspecified atom stereocenters. The lowest BCUT2D eigenvalue weighted by molar-refractivity contribution is 0.646. The summed E-state index contributed by atoms with van der Waals surface area (Å²) >= 11 is 11.0. The third-order valence-electron chi connectivity index (χ3n) is 2.25. The molecule has 2 aromatic rings. The first-order valence-electron chi connectivity index (χ1n) is 4.67. The molecule has 5 heteroatoms. The van der Waals surface area contributed by atoms with Gasteiger partial charge in [0.25, 0.3) is 0 Å². The smallest absolute Gasteiger partial charge is 0.0802 e. The number of thiophene rings is 1. The third kappa shape index (κ3) is 2.64. The predicted molar refractivity (Wildman–Crippen MR) is 72.6 cm³/mol. The number of hydrogen-bond acceptors (Lipinski definition) is 3. The number of hydrazine groups is 1. The van der Waals surface area contributed by atoms with Crippen LogP contribution in [0.2, 0.25) is 5.02 Å². The average molecular weight is 318 g/mol. The largest absolute Gasteiger partial charge is 0.271 e. The first-order valence-corrected chi connectivity index (χ1v) is 6.66. The van der Waals surface area contributed by atoms with E-state index in [9.17, 15) is 0 Å². The van der Waals surface area contributed by atoms with Crippen molar-refractivity contribution in [1.82, 2.24) is 5.43 Å². The minimum Gasteiger partial charge on any atom is -0.271 e. The number of rotatable bonds is 3. The van der Waals surface area contributed by atoms with Gasteiger partial charge in [-0.25, -0.2) is 5.43 Å². The van der Waals surface area contributed by atoms with Gasteiger partial charge >= 0.3 is 0 Å². The van der Waals surface area contributed by atoms with Gasteiger partial charge in [0.1, 0.15) is 0 Å². The van der Waals surface area contributed by atoms with E-state index in [-0.39, 0.29) is 6.04 Å². The van der Waals surface area contributed by atoms with Crippen molar-refractivity contribution in [3.63, 3.8) is 0 Å². The Balaban J connectivity index is 2.32. The van der Waals surface area contributed by atoms with Gasteiger partial charge in [0.2, 0.25) is 0 Å². The van der Waals surface area contributed by atoms with Crippen LogP contribution < -0.4 is 11.3 Å². The highest BCUT2D eigenvalue weighted by molar-refractivity contribution is 9.11. The van der Waals surface area contributed by atoms with E-state index in [4.69, 9.17) is 17.4 Å². The van der Waals surface area contributed by atoms with Crippen LogP contribution >= 0.6 is 38.9 Å². The van der Waals surface area contributed by atoms with Crippen molar-refractivity contribution in [2.45, 2.75) is 6.04 Å². The number of benzene rings is 1. The second-order valence-corrected chi connectivity index (χ2v) is 6.22. The highest BCUT2D eigenvalue weighted by Gasteiger charge is 2.14. The van der Waals surface area contributed by atoms with Gasteiger partial charge < -0.3 is 0 Å². The van der Waals surface area contributed by atoms with Crippen LogP contribution in [0.1, 0.15) is 16.5 Å². The summed E-state index contributed by atoms with van der Waals surface area (Å²) in [7, 11) is 0. The van der Waals surface area contributed by atoms with Crippen molar-refractivity contribution in [1.29, 1.82) is 0 Å². The van der Waals surface area contributed by atoms with Crippen LogP contribution in [-0.2, 0) is 0 Å². The molecule has 0 fully saturated rings. The van der Waals surface area contributed by atoms with Crippen LogP contribution in [0.3, 0.4) is 0 Å². The molecule has 3 N–H and O–H groups in total. The van der Waals surface area contributed by atoms with E-state index in [0.29, 0.717) is 0 Å². The van der Waals surface area contributed by atoms with E-state index in [1.165, 1.54) is 0 Å². The molecule has 84 valence electrons. The SMILES string of the molecule is NNC(c1ccc(Cl)cc1)c1ccc(Br)s1. The molecule has 16 heavy (non-hydrogen) atoms. The summed E-state index contributed by atoms with van der Waals surface area (Å²) in [6, 6.07) is 11.7. The van der Waals surface area contributed by atoms with Crippen molar-refractivity contribution in [3.8, 4) is 0 Å². The quantitative estimate of drug-likeness (QED) is 0.669. The van der Waals surface area contributed by atoms with Gasteiger partial charge in [-0.2, -0.15) is 0 Å². The van der Waals surface area contributed by atoms with Gasteiger partial charge in [-0.1, -0.05) is 23.7 Å². The standard InChI is InChI=1S/C11H10BrClN2S/c12-10-6-5-9(16-10)11(15-14)7-1-3-8(13)4-2-7/h1-6,11,15H,14H2. The molecule has 0 radical (unpaired) electrons. The van der Waals surface area contributed by atoms with Crippen LogP contribution in [0.25, 0.3) is 0 Å². The van der Waals surface area contributed by atoms with Gasteiger partial charge in [0.05, 0.1) is 9.83 Å². The first-order chi connectivity index (χ1) is 7.70. The minimum atomic E-state index is 0.00793. The van der Waals surface area contributed by atoms with Crippen LogP contribution in [0.15, 0.2) is 40.2 Å². The lowest BCUT2D eigenvalue weighted by Crippen LogP contribution is -2.28. The van der Waals surface area contributed by atoms with Crippen LogP contribution in [0, 0.1) is 0 Å². The van der Waals surface area contributed by atoms with E-state index in [1.54, 1.807) is 11.3 Å². The van der Waals surface area contributed by atoms with Gasteiger partial charge in [-0.05, 0) is 45.8 Å². The van der Waals surface area contributed by atoms with Crippen LogP contribution in [-0.4, -0.2) is 0 Å². The minimum absolute atomic E-state index is 0.00793. The molecule has 0 aliphatic rings. The predicted octanol–water partition coefficient (Wildman–Crippen LogP) is 3.72. The van der Waals surface area contributed by atoms with Gasteiger partial charge in [-0.3, -0.25) is 5.84 Å². The van der Waals surface area contributed by atoms with E-state index in [2.05, 4.69) is 21.4 Å². The normalized spacial score (nSPS) is 12.7. The molecule has 0 aliphatic heterocycles. The Labute approximate surface area is 112 Å². The molecule has 0 aliphatic carbocycles. The zero-order chi connectivity index (χ0) is 11.5. The molecule has 1 heterocycles. The van der Waals surface area contributed by atoms with Crippen LogP contribution in [0.5, 0.6) is 0 Å². The van der Waals surface area contributed by atoms with Crippen molar-refractivity contribution in [3.05, 3.63) is 55.6 Å². The van der Waals surface area contributed by atoms with E-state index in [1.807, 2.05) is 36.4 Å². The maximum absolute atomic E-state index is 5.85. The van der Waals surface area contributed by atoms with Crippen molar-refractivity contribution in [2.24, 2.45) is 5.84 Å². The second kappa shape index (κ2) is 5.29. The molecule has 0 saturated heterocycles. The number of hydrogen-bond donors (Lipinski definition) is 2. The molecule has 2 nitrogen and oxygen atoms in total. The maximum atomic E-state index is 5.85. The summed E-state index contributed by atoms with van der Waals surface area (Å²) in [4.78, 5) is 1.16. The van der Waals surface area contributed by atoms with E-state index in [0.717, 1.165) is 19.2 Å². The lowest BCUT2D eigenvalue weighted by Gasteiger charge is -2.14. The number of nitrogens with one attached hydrogen (secondary N) is 1. The fourth-order valence-corrected chi connectivity index (χ4v) is 3.12. The lowest BCUT2D eigenvalue weighted by atomic mass is 10.1. The molecule has 1 aromatic heterocycles. The fraction of sp³-hybridized carbons (Fsp3) is 0.0909. The summed E-state index contributed by atoms with van der Waals surface area (Å²) in [5.41, 5.74) is 3.91. The Kier molecular flexibility index (Phi) is 4.00. The molecule has 0 amide bonds. The Morgan fingerprint density at radius 2 is 1.88 bits per heavy atom. The molecular weight excluding hydrogens is 308 g/mol. The monoisotopic (exact) mass is 316 g/mol. The zero-order valence-electron chi connectivity index (χ0n) is 8.28. The number of halogens is 2. The fourth-order valence-electron chi connectivity index (χ4n) is 1.48. The van der Waals surface area contributed by atoms with E-state index < -0.39 is 0 Å². The van der Waals surface area contributed by atoms with Gasteiger partial charge in [-0.15, -0.1) is 11.3 Å².